The molecule has 2 rings (SSSR count). The number of hydrogen-bond donors (Lipinski definition) is 1. The quantitative estimate of drug-likeness (QED) is 0.899. The van der Waals surface area contributed by atoms with Gasteiger partial charge in [0.2, 0.25) is 11.9 Å². The molecule has 3 nitrogen and oxygen atoms in total. The number of benzene rings is 1. The average molecular weight is 263 g/mol. The fourth-order valence-electron chi connectivity index (χ4n) is 1.70. The van der Waals surface area contributed by atoms with Gasteiger partial charge in [0.05, 0.1) is 0 Å². The second kappa shape index (κ2) is 5.73. The molecule has 0 bridgehead atoms. The van der Waals surface area contributed by atoms with Crippen LogP contribution in [-0.2, 0) is 13.0 Å². The van der Waals surface area contributed by atoms with Gasteiger partial charge in [0.25, 0.3) is 0 Å². The number of anilines is 1. The van der Waals surface area contributed by atoms with Crippen LogP contribution in [0.15, 0.2) is 42.7 Å². The third-order valence-corrected chi connectivity index (χ3v) is 2.55. The molecule has 0 aliphatic rings. The van der Waals surface area contributed by atoms with E-state index in [1.807, 2.05) is 12.1 Å². The SMILES string of the molecule is CC(F)(F)Cc1ccc(CNc2ncccn2)cc1. The second-order valence-electron chi connectivity index (χ2n) is 4.49. The van der Waals surface area contributed by atoms with Crippen molar-refractivity contribution >= 4 is 5.95 Å². The molecular weight excluding hydrogens is 248 g/mol. The summed E-state index contributed by atoms with van der Waals surface area (Å²) >= 11 is 0. The van der Waals surface area contributed by atoms with E-state index < -0.39 is 5.92 Å². The van der Waals surface area contributed by atoms with Gasteiger partial charge in [0.1, 0.15) is 0 Å². The Labute approximate surface area is 110 Å². The Hall–Kier alpha value is -2.04. The fourth-order valence-corrected chi connectivity index (χ4v) is 1.70. The molecule has 0 spiro atoms. The number of halogens is 2. The van der Waals surface area contributed by atoms with Crippen molar-refractivity contribution in [2.24, 2.45) is 0 Å². The van der Waals surface area contributed by atoms with Crippen molar-refractivity contribution < 1.29 is 8.78 Å². The number of rotatable bonds is 5. The molecule has 19 heavy (non-hydrogen) atoms. The Morgan fingerprint density at radius 3 is 2.21 bits per heavy atom. The van der Waals surface area contributed by atoms with Crippen LogP contribution < -0.4 is 5.32 Å². The van der Waals surface area contributed by atoms with E-state index in [1.165, 1.54) is 0 Å². The molecule has 0 fully saturated rings. The highest BCUT2D eigenvalue weighted by molar-refractivity contribution is 5.29. The summed E-state index contributed by atoms with van der Waals surface area (Å²) in [7, 11) is 0. The van der Waals surface area contributed by atoms with Crippen LogP contribution in [0.4, 0.5) is 14.7 Å². The fraction of sp³-hybridized carbons (Fsp3) is 0.286. The van der Waals surface area contributed by atoms with Gasteiger partial charge >= 0.3 is 0 Å². The molecule has 0 amide bonds. The highest BCUT2D eigenvalue weighted by Gasteiger charge is 2.21. The molecule has 0 saturated heterocycles. The molecule has 0 aliphatic carbocycles. The van der Waals surface area contributed by atoms with Gasteiger partial charge in [-0.05, 0) is 24.1 Å². The van der Waals surface area contributed by atoms with Crippen LogP contribution in [0.3, 0.4) is 0 Å². The number of aromatic nitrogens is 2. The molecule has 2 aromatic rings. The van der Waals surface area contributed by atoms with Crippen molar-refractivity contribution in [2.75, 3.05) is 5.32 Å². The van der Waals surface area contributed by atoms with Crippen molar-refractivity contribution in [1.82, 2.24) is 9.97 Å². The lowest BCUT2D eigenvalue weighted by Crippen LogP contribution is -2.13. The lowest BCUT2D eigenvalue weighted by Gasteiger charge is -2.10. The standard InChI is InChI=1S/C14H15F2N3/c1-14(15,16)9-11-3-5-12(6-4-11)10-19-13-17-7-2-8-18-13/h2-8H,9-10H2,1H3,(H,17,18,19). The maximum Gasteiger partial charge on any atom is 0.249 e. The van der Waals surface area contributed by atoms with E-state index in [0.717, 1.165) is 12.5 Å². The lowest BCUT2D eigenvalue weighted by molar-refractivity contribution is 0.0226. The van der Waals surface area contributed by atoms with E-state index >= 15 is 0 Å². The molecule has 1 aromatic carbocycles. The summed E-state index contributed by atoms with van der Waals surface area (Å²) in [5, 5.41) is 3.06. The summed E-state index contributed by atoms with van der Waals surface area (Å²) < 4.78 is 25.7. The number of alkyl halides is 2. The van der Waals surface area contributed by atoms with E-state index in [4.69, 9.17) is 0 Å². The largest absolute Gasteiger partial charge is 0.350 e. The zero-order valence-electron chi connectivity index (χ0n) is 10.6. The van der Waals surface area contributed by atoms with Crippen molar-refractivity contribution in [1.29, 1.82) is 0 Å². The van der Waals surface area contributed by atoms with E-state index in [2.05, 4.69) is 15.3 Å². The third-order valence-electron chi connectivity index (χ3n) is 2.55. The Morgan fingerprint density at radius 1 is 1.05 bits per heavy atom. The Bertz CT molecular complexity index is 506. The monoisotopic (exact) mass is 263 g/mol. The molecule has 1 aromatic heterocycles. The smallest absolute Gasteiger partial charge is 0.249 e. The van der Waals surface area contributed by atoms with E-state index in [9.17, 15) is 8.78 Å². The molecular formula is C14H15F2N3. The zero-order chi connectivity index (χ0) is 13.7. The van der Waals surface area contributed by atoms with Gasteiger partial charge in [-0.3, -0.25) is 0 Å². The minimum Gasteiger partial charge on any atom is -0.350 e. The predicted molar refractivity (Wildman–Crippen MR) is 70.1 cm³/mol. The van der Waals surface area contributed by atoms with Crippen LogP contribution in [-0.4, -0.2) is 15.9 Å². The molecule has 5 heteroatoms. The number of hydrogen-bond acceptors (Lipinski definition) is 3. The van der Waals surface area contributed by atoms with Gasteiger partial charge in [-0.25, -0.2) is 18.7 Å². The van der Waals surface area contributed by atoms with E-state index in [0.29, 0.717) is 18.1 Å². The summed E-state index contributed by atoms with van der Waals surface area (Å²) in [6.07, 6.45) is 3.08. The Kier molecular flexibility index (Phi) is 4.04. The Balaban J connectivity index is 1.92. The molecule has 0 saturated carbocycles. The van der Waals surface area contributed by atoms with Gasteiger partial charge < -0.3 is 5.32 Å². The second-order valence-corrected chi connectivity index (χ2v) is 4.49. The topological polar surface area (TPSA) is 37.8 Å². The lowest BCUT2D eigenvalue weighted by atomic mass is 10.1. The van der Waals surface area contributed by atoms with E-state index in [1.54, 1.807) is 30.6 Å². The zero-order valence-corrected chi connectivity index (χ0v) is 10.6. The molecule has 1 N–H and O–H groups in total. The van der Waals surface area contributed by atoms with Crippen molar-refractivity contribution in [3.8, 4) is 0 Å². The molecule has 1 heterocycles. The first-order valence-corrected chi connectivity index (χ1v) is 5.99. The van der Waals surface area contributed by atoms with E-state index in [-0.39, 0.29) is 6.42 Å². The summed E-state index contributed by atoms with van der Waals surface area (Å²) in [6, 6.07) is 8.85. The van der Waals surface area contributed by atoms with Crippen molar-refractivity contribution in [2.45, 2.75) is 25.8 Å². The number of nitrogens with one attached hydrogen (secondary N) is 1. The molecule has 0 atom stereocenters. The van der Waals surface area contributed by atoms with Crippen LogP contribution in [0, 0.1) is 0 Å². The Morgan fingerprint density at radius 2 is 1.63 bits per heavy atom. The summed E-state index contributed by atoms with van der Waals surface area (Å²) in [6.45, 7) is 1.49. The summed E-state index contributed by atoms with van der Waals surface area (Å²) in [4.78, 5) is 8.08. The molecule has 0 aliphatic heterocycles. The number of nitrogens with zero attached hydrogens (tertiary/aromatic N) is 2. The van der Waals surface area contributed by atoms with Gasteiger partial charge in [-0.15, -0.1) is 0 Å². The summed E-state index contributed by atoms with van der Waals surface area (Å²) in [5.74, 6) is -2.12. The molecule has 0 unspecified atom stereocenters. The molecule has 0 radical (unpaired) electrons. The molecule has 100 valence electrons. The van der Waals surface area contributed by atoms with Gasteiger partial charge in [-0.1, -0.05) is 24.3 Å². The van der Waals surface area contributed by atoms with Gasteiger partial charge in [0, 0.05) is 25.4 Å². The normalized spacial score (nSPS) is 11.3. The van der Waals surface area contributed by atoms with Gasteiger partial charge in [0.15, 0.2) is 0 Å². The van der Waals surface area contributed by atoms with Gasteiger partial charge in [-0.2, -0.15) is 0 Å². The highest BCUT2D eigenvalue weighted by Crippen LogP contribution is 2.19. The average Bonchev–Trinajstić information content (AvgIpc) is 2.37. The third kappa shape index (κ3) is 4.62. The first-order chi connectivity index (χ1) is 9.03. The van der Waals surface area contributed by atoms with Crippen LogP contribution >= 0.6 is 0 Å². The summed E-state index contributed by atoms with van der Waals surface area (Å²) in [5.41, 5.74) is 1.63. The first-order valence-electron chi connectivity index (χ1n) is 5.99. The first kappa shape index (κ1) is 13.4. The maximum atomic E-state index is 12.8. The minimum atomic E-state index is -2.67. The van der Waals surface area contributed by atoms with Crippen LogP contribution in [0.25, 0.3) is 0 Å². The minimum absolute atomic E-state index is 0.234. The van der Waals surface area contributed by atoms with Crippen LogP contribution in [0.2, 0.25) is 0 Å². The predicted octanol–water partition coefficient (Wildman–Crippen LogP) is 3.29. The van der Waals surface area contributed by atoms with Crippen molar-refractivity contribution in [3.05, 3.63) is 53.9 Å². The van der Waals surface area contributed by atoms with Crippen LogP contribution in [0.5, 0.6) is 0 Å². The van der Waals surface area contributed by atoms with Crippen molar-refractivity contribution in [3.63, 3.8) is 0 Å². The maximum absolute atomic E-state index is 12.8. The van der Waals surface area contributed by atoms with Crippen LogP contribution in [0.1, 0.15) is 18.1 Å². The highest BCUT2D eigenvalue weighted by atomic mass is 19.3.